The SMILES string of the molecule is CC(=[OH+])OC1C=C[C@@]23CC(CI)[C@@H]4Cc5ccc(OC=O)c6c5[C@@]2(C1O6)C43. The summed E-state index contributed by atoms with van der Waals surface area (Å²) in [6, 6.07) is 3.96. The van der Waals surface area contributed by atoms with Crippen molar-refractivity contribution in [1.29, 1.82) is 0 Å². The normalized spacial score (nSPS) is 43.4. The number of benzene rings is 1. The highest BCUT2D eigenvalue weighted by atomic mass is 127. The molecule has 0 radical (unpaired) electrons. The first-order valence-electron chi connectivity index (χ1n) is 9.46. The summed E-state index contributed by atoms with van der Waals surface area (Å²) in [5.74, 6) is 3.05. The Morgan fingerprint density at radius 1 is 1.48 bits per heavy atom. The van der Waals surface area contributed by atoms with Crippen molar-refractivity contribution in [1.82, 2.24) is 0 Å². The van der Waals surface area contributed by atoms with Crippen LogP contribution in [-0.2, 0) is 21.4 Å². The smallest absolute Gasteiger partial charge is 0.478 e. The highest BCUT2D eigenvalue weighted by Crippen LogP contribution is 2.88. The third kappa shape index (κ3) is 1.65. The Hall–Kier alpha value is -1.57. The molecule has 7 atom stereocenters. The molecule has 0 saturated heterocycles. The lowest BCUT2D eigenvalue weighted by Crippen LogP contribution is -2.48. The quantitative estimate of drug-likeness (QED) is 0.166. The molecule has 2 fully saturated rings. The van der Waals surface area contributed by atoms with Gasteiger partial charge in [-0.2, -0.15) is 0 Å². The number of rotatable bonds is 4. The first-order valence-corrected chi connectivity index (χ1v) is 11.0. The number of alkyl halides is 1. The van der Waals surface area contributed by atoms with Gasteiger partial charge in [0, 0.05) is 15.4 Å². The average Bonchev–Trinajstić information content (AvgIpc) is 2.91. The van der Waals surface area contributed by atoms with Crippen molar-refractivity contribution >= 4 is 35.0 Å². The molecule has 1 aromatic carbocycles. The van der Waals surface area contributed by atoms with Crippen LogP contribution in [0.1, 0.15) is 24.5 Å². The molecule has 1 heterocycles. The summed E-state index contributed by atoms with van der Waals surface area (Å²) >= 11 is 2.53. The second-order valence-electron chi connectivity index (χ2n) is 8.51. The van der Waals surface area contributed by atoms with Gasteiger partial charge in [0.05, 0.1) is 12.3 Å². The van der Waals surface area contributed by atoms with Crippen molar-refractivity contribution in [2.24, 2.45) is 23.2 Å². The van der Waals surface area contributed by atoms with E-state index >= 15 is 0 Å². The van der Waals surface area contributed by atoms with Crippen LogP contribution in [0.2, 0.25) is 0 Å². The number of hydrogen-bond donors (Lipinski definition) is 0. The first-order chi connectivity index (χ1) is 13.1. The molecule has 5 aliphatic rings. The number of allylic oxidation sites excluding steroid dienone is 1. The van der Waals surface area contributed by atoms with E-state index in [2.05, 4.69) is 40.8 Å². The minimum atomic E-state index is -0.340. The van der Waals surface area contributed by atoms with Crippen LogP contribution in [0.4, 0.5) is 0 Å². The summed E-state index contributed by atoms with van der Waals surface area (Å²) in [7, 11) is 0. The van der Waals surface area contributed by atoms with Crippen LogP contribution in [-0.4, -0.2) is 33.9 Å². The fourth-order valence-corrected chi connectivity index (χ4v) is 8.14. The van der Waals surface area contributed by atoms with Gasteiger partial charge >= 0.3 is 5.97 Å². The van der Waals surface area contributed by atoms with Gasteiger partial charge in [0.2, 0.25) is 6.10 Å². The monoisotopic (exact) mass is 479 g/mol. The summed E-state index contributed by atoms with van der Waals surface area (Å²) in [5, 5.41) is 0. The van der Waals surface area contributed by atoms with Crippen LogP contribution in [0.3, 0.4) is 0 Å². The summed E-state index contributed by atoms with van der Waals surface area (Å²) < 4.78 is 18.6. The maximum atomic E-state index is 11.0. The molecular formula is C21H20IO5+. The molecule has 0 aromatic heterocycles. The predicted molar refractivity (Wildman–Crippen MR) is 106 cm³/mol. The van der Waals surface area contributed by atoms with E-state index in [-0.39, 0.29) is 29.0 Å². The number of esters is 1. The van der Waals surface area contributed by atoms with E-state index < -0.39 is 0 Å². The zero-order valence-electron chi connectivity index (χ0n) is 14.9. The fraction of sp³-hybridized carbons (Fsp3) is 0.524. The van der Waals surface area contributed by atoms with Gasteiger partial charge in [-0.25, -0.2) is 0 Å². The lowest BCUT2D eigenvalue weighted by atomic mass is 9.65. The van der Waals surface area contributed by atoms with Crippen LogP contribution in [0.25, 0.3) is 0 Å². The van der Waals surface area contributed by atoms with Gasteiger partial charge in [-0.1, -0.05) is 34.7 Å². The van der Waals surface area contributed by atoms with E-state index in [1.165, 1.54) is 22.0 Å². The Labute approximate surface area is 170 Å². The Bertz CT molecular complexity index is 925. The molecule has 4 aliphatic carbocycles. The van der Waals surface area contributed by atoms with Crippen molar-refractivity contribution < 1.29 is 23.8 Å². The predicted octanol–water partition coefficient (Wildman–Crippen LogP) is 2.94. The molecule has 0 amide bonds. The molecule has 2 saturated carbocycles. The molecule has 4 unspecified atom stereocenters. The maximum Gasteiger partial charge on any atom is 0.480 e. The van der Waals surface area contributed by atoms with Crippen LogP contribution in [0, 0.1) is 23.2 Å². The van der Waals surface area contributed by atoms with Crippen molar-refractivity contribution in [2.75, 3.05) is 4.43 Å². The number of halogens is 1. The maximum absolute atomic E-state index is 11.0. The summed E-state index contributed by atoms with van der Waals surface area (Å²) in [6.45, 7) is 2.01. The zero-order chi connectivity index (χ0) is 18.6. The number of carbonyl (C=O) groups excluding carboxylic acids is 2. The van der Waals surface area contributed by atoms with Crippen LogP contribution < -0.4 is 9.47 Å². The Balaban J connectivity index is 1.58. The summed E-state index contributed by atoms with van der Waals surface area (Å²) in [5.41, 5.74) is 2.55. The van der Waals surface area contributed by atoms with E-state index in [0.29, 0.717) is 29.8 Å². The Kier molecular flexibility index (Phi) is 3.08. The lowest BCUT2D eigenvalue weighted by Gasteiger charge is -2.38. The standard InChI is InChI=1S/C21H19IO5/c1-10(24)26-15-4-5-20-7-12(8-22)13-6-11-2-3-14(25-9-23)17-16(11)21(20,18(13)20)19(15)27-17/h2-5,9,12-13,15,18-19H,6-8H2,1H3/p+1/t12?,13-,15?,18?,19?,20-,21-/m0/s1. The molecule has 27 heavy (non-hydrogen) atoms. The second kappa shape index (κ2) is 5.07. The van der Waals surface area contributed by atoms with Crippen molar-refractivity contribution in [3.05, 3.63) is 35.4 Å². The molecular weight excluding hydrogens is 459 g/mol. The van der Waals surface area contributed by atoms with Gasteiger partial charge < -0.3 is 19.0 Å². The summed E-state index contributed by atoms with van der Waals surface area (Å²) in [6.07, 6.45) is 6.12. The van der Waals surface area contributed by atoms with Gasteiger partial charge in [-0.3, -0.25) is 4.79 Å². The zero-order valence-corrected chi connectivity index (χ0v) is 17.0. The molecule has 1 N–H and O–H groups in total. The Morgan fingerprint density at radius 3 is 3.07 bits per heavy atom. The third-order valence-electron chi connectivity index (χ3n) is 7.70. The summed E-state index contributed by atoms with van der Waals surface area (Å²) in [4.78, 5) is 20.8. The van der Waals surface area contributed by atoms with Gasteiger partial charge in [0.25, 0.3) is 6.47 Å². The minimum absolute atomic E-state index is 0.0514. The van der Waals surface area contributed by atoms with Gasteiger partial charge in [0.15, 0.2) is 17.6 Å². The molecule has 6 heteroatoms. The third-order valence-corrected chi connectivity index (χ3v) is 8.83. The molecule has 0 bridgehead atoms. The van der Waals surface area contributed by atoms with E-state index in [0.717, 1.165) is 12.3 Å². The van der Waals surface area contributed by atoms with E-state index in [4.69, 9.17) is 14.2 Å². The molecule has 2 spiro atoms. The highest BCUT2D eigenvalue weighted by Gasteiger charge is 2.90. The largest absolute Gasteiger partial charge is 0.480 e. The van der Waals surface area contributed by atoms with Gasteiger partial charge in [-0.05, 0) is 48.3 Å². The molecule has 140 valence electrons. The molecule has 6 rings (SSSR count). The number of ether oxygens (including phenoxy) is 3. The second-order valence-corrected chi connectivity index (χ2v) is 9.39. The lowest BCUT2D eigenvalue weighted by molar-refractivity contribution is -0.120. The minimum Gasteiger partial charge on any atom is -0.478 e. The molecule has 1 aliphatic heterocycles. The Morgan fingerprint density at radius 2 is 2.33 bits per heavy atom. The van der Waals surface area contributed by atoms with Crippen molar-refractivity contribution in [3.8, 4) is 11.5 Å². The number of hydrogen-bond acceptors (Lipinski definition) is 4. The van der Waals surface area contributed by atoms with E-state index in [1.807, 2.05) is 6.07 Å². The fourth-order valence-electron chi connectivity index (χ4n) is 7.18. The topological polar surface area (TPSA) is 66.2 Å². The van der Waals surface area contributed by atoms with Crippen LogP contribution in [0.5, 0.6) is 11.5 Å². The van der Waals surface area contributed by atoms with Gasteiger partial charge in [-0.15, -0.1) is 0 Å². The van der Waals surface area contributed by atoms with E-state index in [9.17, 15) is 9.59 Å². The number of carbonyl (C=O) groups is 1. The molecule has 5 nitrogen and oxygen atoms in total. The first kappa shape index (κ1) is 16.4. The average molecular weight is 479 g/mol. The van der Waals surface area contributed by atoms with Crippen LogP contribution >= 0.6 is 22.6 Å². The van der Waals surface area contributed by atoms with Gasteiger partial charge in [0.1, 0.15) is 0 Å². The van der Waals surface area contributed by atoms with Crippen LogP contribution in [0.15, 0.2) is 24.3 Å². The highest BCUT2D eigenvalue weighted by molar-refractivity contribution is 14.1. The molecule has 1 aromatic rings. The van der Waals surface area contributed by atoms with Crippen molar-refractivity contribution in [2.45, 2.75) is 37.4 Å². The van der Waals surface area contributed by atoms with E-state index in [1.54, 1.807) is 6.92 Å². The van der Waals surface area contributed by atoms with Crippen molar-refractivity contribution in [3.63, 3.8) is 0 Å².